The first-order chi connectivity index (χ1) is 9.82. The molecule has 0 aliphatic rings. The molecule has 7 nitrogen and oxygen atoms in total. The number of thiazole rings is 1. The lowest BCUT2D eigenvalue weighted by atomic mass is 10.2. The van der Waals surface area contributed by atoms with E-state index in [2.05, 4.69) is 10.3 Å². The van der Waals surface area contributed by atoms with E-state index in [1.54, 1.807) is 6.92 Å². The number of hydrogen-bond acceptors (Lipinski definition) is 5. The molecule has 112 valence electrons. The number of carbonyl (C=O) groups is 2. The number of nitrogens with one attached hydrogen (secondary N) is 1. The van der Waals surface area contributed by atoms with E-state index >= 15 is 0 Å². The molecule has 2 aromatic rings. The molecule has 8 heteroatoms. The van der Waals surface area contributed by atoms with Crippen LogP contribution in [-0.4, -0.2) is 32.9 Å². The fourth-order valence-corrected chi connectivity index (χ4v) is 2.69. The first kappa shape index (κ1) is 15.2. The van der Waals surface area contributed by atoms with Gasteiger partial charge in [-0.15, -0.1) is 11.3 Å². The van der Waals surface area contributed by atoms with Gasteiger partial charge < -0.3 is 10.4 Å². The summed E-state index contributed by atoms with van der Waals surface area (Å²) >= 11 is 1.38. The van der Waals surface area contributed by atoms with E-state index in [0.29, 0.717) is 4.96 Å². The molecule has 1 atom stereocenters. The molecule has 2 aromatic heterocycles. The number of aliphatic carboxylic acids is 1. The Morgan fingerprint density at radius 1 is 1.48 bits per heavy atom. The molecule has 0 fully saturated rings. The summed E-state index contributed by atoms with van der Waals surface area (Å²) < 4.78 is 1.40. The highest BCUT2D eigenvalue weighted by Gasteiger charge is 2.18. The van der Waals surface area contributed by atoms with Crippen LogP contribution in [0.3, 0.4) is 0 Å². The van der Waals surface area contributed by atoms with E-state index < -0.39 is 23.4 Å². The molecule has 0 spiro atoms. The number of fused-ring (bicyclic) bond motifs is 1. The summed E-state index contributed by atoms with van der Waals surface area (Å²) in [5, 5.41) is 11.2. The quantitative estimate of drug-likeness (QED) is 0.871. The minimum atomic E-state index is -1.01. The molecule has 0 aliphatic heterocycles. The minimum Gasteiger partial charge on any atom is -0.481 e. The fraction of sp³-hybridized carbons (Fsp3) is 0.385. The van der Waals surface area contributed by atoms with Crippen LogP contribution in [0.2, 0.25) is 0 Å². The summed E-state index contributed by atoms with van der Waals surface area (Å²) in [4.78, 5) is 40.6. The van der Waals surface area contributed by atoms with Crippen LogP contribution < -0.4 is 10.9 Å². The molecule has 0 aliphatic carbocycles. The lowest BCUT2D eigenvalue weighted by Crippen LogP contribution is -2.35. The zero-order valence-corrected chi connectivity index (χ0v) is 12.7. The SMILES string of the molecule is Cc1sc2ncc(C(=O)NCC(C)C(=O)O)c(=O)n2c1C. The van der Waals surface area contributed by atoms with Crippen LogP contribution in [0.1, 0.15) is 27.9 Å². The van der Waals surface area contributed by atoms with Crippen molar-refractivity contribution in [2.75, 3.05) is 6.54 Å². The number of hydrogen-bond donors (Lipinski definition) is 2. The molecule has 2 N–H and O–H groups in total. The van der Waals surface area contributed by atoms with Gasteiger partial charge in [0.2, 0.25) is 0 Å². The van der Waals surface area contributed by atoms with Gasteiger partial charge in [-0.05, 0) is 13.8 Å². The number of carboxylic acids is 1. The summed E-state index contributed by atoms with van der Waals surface area (Å²) in [5.74, 6) is -2.35. The predicted octanol–water partition coefficient (Wildman–Crippen LogP) is 0.823. The average Bonchev–Trinajstić information content (AvgIpc) is 2.72. The normalized spacial score (nSPS) is 12.3. The molecule has 2 heterocycles. The van der Waals surface area contributed by atoms with Crippen LogP contribution >= 0.6 is 11.3 Å². The molecule has 1 unspecified atom stereocenters. The van der Waals surface area contributed by atoms with Crippen LogP contribution in [0.25, 0.3) is 4.96 Å². The maximum Gasteiger partial charge on any atom is 0.308 e. The fourth-order valence-electron chi connectivity index (χ4n) is 1.76. The van der Waals surface area contributed by atoms with Crippen molar-refractivity contribution >= 4 is 28.2 Å². The monoisotopic (exact) mass is 309 g/mol. The molecule has 1 amide bonds. The van der Waals surface area contributed by atoms with E-state index in [9.17, 15) is 14.4 Å². The number of aryl methyl sites for hydroxylation is 2. The van der Waals surface area contributed by atoms with Gasteiger partial charge in [0.05, 0.1) is 5.92 Å². The molecule has 0 aromatic carbocycles. The van der Waals surface area contributed by atoms with Gasteiger partial charge in [0, 0.05) is 23.3 Å². The number of aromatic nitrogens is 2. The van der Waals surface area contributed by atoms with Crippen molar-refractivity contribution in [3.05, 3.63) is 32.7 Å². The van der Waals surface area contributed by atoms with Gasteiger partial charge in [-0.25, -0.2) is 4.98 Å². The molecule has 0 saturated heterocycles. The van der Waals surface area contributed by atoms with E-state index in [0.717, 1.165) is 10.6 Å². The Labute approximate surface area is 124 Å². The standard InChI is InChI=1S/C13H15N3O4S/c1-6(12(19)20)4-14-10(17)9-5-15-13-16(11(9)18)7(2)8(3)21-13/h5-6H,4H2,1-3H3,(H,14,17)(H,19,20). The molecule has 0 radical (unpaired) electrons. The van der Waals surface area contributed by atoms with Crippen molar-refractivity contribution in [1.29, 1.82) is 0 Å². The van der Waals surface area contributed by atoms with Crippen molar-refractivity contribution in [3.63, 3.8) is 0 Å². The summed E-state index contributed by atoms with van der Waals surface area (Å²) in [6.45, 7) is 5.10. The van der Waals surface area contributed by atoms with E-state index in [-0.39, 0.29) is 12.1 Å². The van der Waals surface area contributed by atoms with E-state index in [4.69, 9.17) is 5.11 Å². The lowest BCUT2D eigenvalue weighted by Gasteiger charge is -2.08. The zero-order valence-electron chi connectivity index (χ0n) is 11.8. The van der Waals surface area contributed by atoms with Crippen LogP contribution in [0.4, 0.5) is 0 Å². The van der Waals surface area contributed by atoms with Crippen LogP contribution in [-0.2, 0) is 4.79 Å². The van der Waals surface area contributed by atoms with Crippen molar-refractivity contribution < 1.29 is 14.7 Å². The van der Waals surface area contributed by atoms with Crippen molar-refractivity contribution in [3.8, 4) is 0 Å². The summed E-state index contributed by atoms with van der Waals surface area (Å²) in [6.07, 6.45) is 1.23. The molecular formula is C13H15N3O4S. The first-order valence-corrected chi connectivity index (χ1v) is 7.13. The van der Waals surface area contributed by atoms with Crippen molar-refractivity contribution in [2.24, 2.45) is 5.92 Å². The average molecular weight is 309 g/mol. The number of carboxylic acid groups (broad SMARTS) is 1. The van der Waals surface area contributed by atoms with Gasteiger partial charge in [-0.1, -0.05) is 6.92 Å². The zero-order chi connectivity index (χ0) is 15.7. The molecule has 0 bridgehead atoms. The van der Waals surface area contributed by atoms with E-state index in [1.165, 1.54) is 28.9 Å². The second-order valence-corrected chi connectivity index (χ2v) is 5.97. The Balaban J connectivity index is 2.32. The predicted molar refractivity (Wildman–Crippen MR) is 77.9 cm³/mol. The molecule has 0 saturated carbocycles. The summed E-state index contributed by atoms with van der Waals surface area (Å²) in [7, 11) is 0. The van der Waals surface area contributed by atoms with Crippen molar-refractivity contribution in [1.82, 2.24) is 14.7 Å². The largest absolute Gasteiger partial charge is 0.481 e. The third kappa shape index (κ3) is 2.80. The van der Waals surface area contributed by atoms with Crippen LogP contribution in [0.15, 0.2) is 11.0 Å². The third-order valence-electron chi connectivity index (χ3n) is 3.25. The van der Waals surface area contributed by atoms with Gasteiger partial charge in [0.15, 0.2) is 4.96 Å². The maximum absolute atomic E-state index is 12.3. The van der Waals surface area contributed by atoms with Gasteiger partial charge in [-0.3, -0.25) is 18.8 Å². The molecule has 21 heavy (non-hydrogen) atoms. The highest BCUT2D eigenvalue weighted by Crippen LogP contribution is 2.18. The van der Waals surface area contributed by atoms with Crippen LogP contribution in [0.5, 0.6) is 0 Å². The second-order valence-electron chi connectivity index (χ2n) is 4.79. The Bertz CT molecular complexity index is 778. The minimum absolute atomic E-state index is 0.0437. The maximum atomic E-state index is 12.3. The molecular weight excluding hydrogens is 294 g/mol. The number of carbonyl (C=O) groups excluding carboxylic acids is 1. The number of amides is 1. The van der Waals surface area contributed by atoms with Gasteiger partial charge in [-0.2, -0.15) is 0 Å². The number of nitrogens with zero attached hydrogens (tertiary/aromatic N) is 2. The highest BCUT2D eigenvalue weighted by molar-refractivity contribution is 7.17. The Morgan fingerprint density at radius 3 is 2.76 bits per heavy atom. The van der Waals surface area contributed by atoms with Gasteiger partial charge >= 0.3 is 5.97 Å². The van der Waals surface area contributed by atoms with E-state index in [1.807, 2.05) is 6.92 Å². The Kier molecular flexibility index (Phi) is 4.08. The lowest BCUT2D eigenvalue weighted by molar-refractivity contribution is -0.140. The van der Waals surface area contributed by atoms with Crippen LogP contribution in [0, 0.1) is 19.8 Å². The topological polar surface area (TPSA) is 101 Å². The smallest absolute Gasteiger partial charge is 0.308 e. The Morgan fingerprint density at radius 2 is 2.14 bits per heavy atom. The third-order valence-corrected chi connectivity index (χ3v) is 4.33. The second kappa shape index (κ2) is 5.65. The van der Waals surface area contributed by atoms with Gasteiger partial charge in [0.25, 0.3) is 11.5 Å². The highest BCUT2D eigenvalue weighted by atomic mass is 32.1. The summed E-state index contributed by atoms with van der Waals surface area (Å²) in [5.41, 5.74) is 0.217. The Hall–Kier alpha value is -2.22. The molecule has 2 rings (SSSR count). The first-order valence-electron chi connectivity index (χ1n) is 6.31. The number of rotatable bonds is 4. The summed E-state index contributed by atoms with van der Waals surface area (Å²) in [6, 6.07) is 0. The van der Waals surface area contributed by atoms with Crippen molar-refractivity contribution in [2.45, 2.75) is 20.8 Å². The van der Waals surface area contributed by atoms with Gasteiger partial charge in [0.1, 0.15) is 5.56 Å².